The predicted octanol–water partition coefficient (Wildman–Crippen LogP) is 4.05. The van der Waals surface area contributed by atoms with Crippen LogP contribution in [0.3, 0.4) is 0 Å². The lowest BCUT2D eigenvalue weighted by Gasteiger charge is -2.41. The van der Waals surface area contributed by atoms with Crippen molar-refractivity contribution in [2.45, 2.75) is 50.9 Å². The molecule has 12 heteroatoms. The van der Waals surface area contributed by atoms with Crippen molar-refractivity contribution in [3.63, 3.8) is 0 Å². The molecule has 4 heterocycles. The number of likely N-dealkylation sites (N-methyl/N-ethyl adjacent to an activating group) is 1. The van der Waals surface area contributed by atoms with Crippen LogP contribution in [0.25, 0.3) is 15.6 Å². The zero-order valence-electron chi connectivity index (χ0n) is 25.7. The van der Waals surface area contributed by atoms with Crippen LogP contribution in [0.1, 0.15) is 31.0 Å². The average Bonchev–Trinajstić information content (AvgIpc) is 3.89. The van der Waals surface area contributed by atoms with Gasteiger partial charge in [0.25, 0.3) is 0 Å². The Morgan fingerprint density at radius 2 is 2.07 bits per heavy atom. The second-order valence-corrected chi connectivity index (χ2v) is 12.1. The fraction of sp³-hybridized carbons (Fsp3) is 0.485. The number of alkyl halides is 1. The number of carbonyl (C=O) groups is 1. The molecule has 2 aliphatic heterocycles. The molecule has 1 aliphatic carbocycles. The molecule has 10 nitrogen and oxygen atoms in total. The number of amides is 1. The molecule has 2 fully saturated rings. The topological polar surface area (TPSA) is 82.3 Å². The molecule has 1 amide bonds. The highest BCUT2D eigenvalue weighted by atomic mass is 19.1. The van der Waals surface area contributed by atoms with E-state index in [-0.39, 0.29) is 36.4 Å². The first-order valence-corrected chi connectivity index (χ1v) is 15.5. The largest absolute Gasteiger partial charge is 0.459 e. The van der Waals surface area contributed by atoms with Gasteiger partial charge in [-0.3, -0.25) is 14.7 Å². The minimum atomic E-state index is -0.720. The molecule has 45 heavy (non-hydrogen) atoms. The Balaban J connectivity index is 1.32. The Bertz CT molecular complexity index is 1620. The Morgan fingerprint density at radius 3 is 2.84 bits per heavy atom. The number of allylic oxidation sites excluding steroid dienone is 1. The van der Waals surface area contributed by atoms with Crippen LogP contribution in [-0.4, -0.2) is 102 Å². The maximum absolute atomic E-state index is 15.1. The van der Waals surface area contributed by atoms with E-state index in [9.17, 15) is 9.18 Å². The van der Waals surface area contributed by atoms with Crippen LogP contribution >= 0.6 is 0 Å². The SMILES string of the molecule is [C-]#[N+]C[C@H]1CN(c2nc(O[C@H](C)CN(C)C3CC3)nc3c2CCN(c2cncc4cccc(F)c24)C3)CCN1C(=O)/C=C/CF. The summed E-state index contributed by atoms with van der Waals surface area (Å²) in [6.45, 7) is 12.0. The van der Waals surface area contributed by atoms with Crippen molar-refractivity contribution >= 4 is 28.2 Å². The first-order chi connectivity index (χ1) is 21.9. The van der Waals surface area contributed by atoms with Crippen molar-refractivity contribution in [3.8, 4) is 6.01 Å². The Morgan fingerprint density at radius 1 is 1.22 bits per heavy atom. The molecule has 0 N–H and O–H groups in total. The number of piperazine rings is 1. The first-order valence-electron chi connectivity index (χ1n) is 15.5. The standard InChI is InChI=1S/C33H38F2N8O2/c1-22(19-40(3)24-9-10-24)45-33-38-28-21-41(29-18-37-16-23-6-4-7-27(35)31(23)29)13-11-26(28)32(39-33)42-14-15-43(25(20-42)17-36-2)30(44)8-5-12-34/h4-8,16,18,22,24-25H,9-15,17,19-21H2,1,3H3/b8-5+/t22-,25+/m1/s1. The summed E-state index contributed by atoms with van der Waals surface area (Å²) in [5.41, 5.74) is 2.49. The minimum Gasteiger partial charge on any atom is -0.459 e. The summed E-state index contributed by atoms with van der Waals surface area (Å²) in [6, 6.07) is 5.50. The number of hydrogen-bond donors (Lipinski definition) is 0. The van der Waals surface area contributed by atoms with E-state index in [1.807, 2.05) is 13.0 Å². The Kier molecular flexibility index (Phi) is 9.07. The number of aromatic nitrogens is 3. The summed E-state index contributed by atoms with van der Waals surface area (Å²) >= 11 is 0. The van der Waals surface area contributed by atoms with Gasteiger partial charge in [-0.15, -0.1) is 0 Å². The molecule has 1 saturated carbocycles. The molecule has 3 aliphatic rings. The van der Waals surface area contributed by atoms with Crippen molar-refractivity contribution in [3.05, 3.63) is 71.2 Å². The van der Waals surface area contributed by atoms with Gasteiger partial charge >= 0.3 is 6.01 Å². The maximum Gasteiger partial charge on any atom is 0.318 e. The highest BCUT2D eigenvalue weighted by Gasteiger charge is 2.35. The Labute approximate surface area is 262 Å². The monoisotopic (exact) mass is 616 g/mol. The molecule has 236 valence electrons. The molecule has 2 atom stereocenters. The van der Waals surface area contributed by atoms with Gasteiger partial charge in [-0.1, -0.05) is 12.1 Å². The average molecular weight is 617 g/mol. The van der Waals surface area contributed by atoms with Crippen molar-refractivity contribution < 1.29 is 18.3 Å². The molecule has 0 unspecified atom stereocenters. The highest BCUT2D eigenvalue weighted by Crippen LogP contribution is 2.35. The number of ether oxygens (including phenoxy) is 1. The minimum absolute atomic E-state index is 0.125. The van der Waals surface area contributed by atoms with E-state index < -0.39 is 6.67 Å². The Hall–Kier alpha value is -4.37. The fourth-order valence-electron chi connectivity index (χ4n) is 6.45. The molecule has 2 aromatic heterocycles. The molecule has 0 bridgehead atoms. The van der Waals surface area contributed by atoms with Gasteiger partial charge in [-0.2, -0.15) is 9.97 Å². The van der Waals surface area contributed by atoms with Crippen LogP contribution in [0.15, 0.2) is 42.7 Å². The van der Waals surface area contributed by atoms with Crippen LogP contribution in [0.4, 0.5) is 20.3 Å². The van der Waals surface area contributed by atoms with E-state index in [1.54, 1.807) is 23.4 Å². The van der Waals surface area contributed by atoms with Gasteiger partial charge in [-0.25, -0.2) is 15.4 Å². The number of carbonyl (C=O) groups excluding carboxylic acids is 1. The second kappa shape index (κ2) is 13.3. The summed E-state index contributed by atoms with van der Waals surface area (Å²) in [5.74, 6) is 0.146. The molecule has 1 saturated heterocycles. The highest BCUT2D eigenvalue weighted by molar-refractivity contribution is 5.94. The van der Waals surface area contributed by atoms with E-state index in [1.165, 1.54) is 31.1 Å². The zero-order valence-corrected chi connectivity index (χ0v) is 25.7. The normalized spacial score (nSPS) is 19.2. The van der Waals surface area contributed by atoms with Gasteiger partial charge in [0.1, 0.15) is 30.5 Å². The lowest BCUT2D eigenvalue weighted by Crippen LogP contribution is -2.56. The third kappa shape index (κ3) is 6.68. The molecule has 1 aromatic carbocycles. The number of anilines is 2. The molecular formula is C33H38F2N8O2. The van der Waals surface area contributed by atoms with Gasteiger partial charge in [0.05, 0.1) is 24.1 Å². The summed E-state index contributed by atoms with van der Waals surface area (Å²) in [4.78, 5) is 38.7. The molecule has 6 rings (SSSR count). The van der Waals surface area contributed by atoms with Crippen molar-refractivity contribution in [2.75, 3.05) is 62.8 Å². The lowest BCUT2D eigenvalue weighted by molar-refractivity contribution is -0.128. The van der Waals surface area contributed by atoms with Crippen LogP contribution in [0, 0.1) is 12.4 Å². The fourth-order valence-corrected chi connectivity index (χ4v) is 6.45. The number of fused-ring (bicyclic) bond motifs is 2. The quantitative estimate of drug-likeness (QED) is 0.249. The van der Waals surface area contributed by atoms with Gasteiger partial charge in [0.15, 0.2) is 0 Å². The van der Waals surface area contributed by atoms with Crippen LogP contribution < -0.4 is 14.5 Å². The van der Waals surface area contributed by atoms with Gasteiger partial charge in [0, 0.05) is 67.4 Å². The first kappa shape index (κ1) is 30.6. The molecule has 0 spiro atoms. The van der Waals surface area contributed by atoms with Crippen molar-refractivity contribution in [2.24, 2.45) is 0 Å². The lowest BCUT2D eigenvalue weighted by atomic mass is 10.0. The molecular weight excluding hydrogens is 578 g/mol. The van der Waals surface area contributed by atoms with Crippen LogP contribution in [0.5, 0.6) is 6.01 Å². The van der Waals surface area contributed by atoms with Gasteiger partial charge < -0.3 is 24.3 Å². The number of hydrogen-bond acceptors (Lipinski definition) is 8. The third-order valence-electron chi connectivity index (χ3n) is 8.81. The van der Waals surface area contributed by atoms with Gasteiger partial charge in [-0.05, 0) is 45.4 Å². The summed E-state index contributed by atoms with van der Waals surface area (Å²) in [7, 11) is 2.10. The zero-order chi connectivity index (χ0) is 31.5. The number of halogens is 2. The second-order valence-electron chi connectivity index (χ2n) is 12.1. The van der Waals surface area contributed by atoms with E-state index >= 15 is 4.39 Å². The van der Waals surface area contributed by atoms with Crippen molar-refractivity contribution in [1.82, 2.24) is 24.8 Å². The molecule has 3 aromatic rings. The predicted molar refractivity (Wildman–Crippen MR) is 169 cm³/mol. The van der Waals surface area contributed by atoms with E-state index in [0.717, 1.165) is 29.0 Å². The smallest absolute Gasteiger partial charge is 0.318 e. The van der Waals surface area contributed by atoms with E-state index in [4.69, 9.17) is 21.3 Å². The van der Waals surface area contributed by atoms with Gasteiger partial charge in [0.2, 0.25) is 12.5 Å². The summed E-state index contributed by atoms with van der Waals surface area (Å²) < 4.78 is 34.1. The number of nitrogens with zero attached hydrogens (tertiary/aromatic N) is 8. The van der Waals surface area contributed by atoms with E-state index in [0.29, 0.717) is 56.3 Å². The third-order valence-corrected chi connectivity index (χ3v) is 8.81. The number of rotatable bonds is 10. The van der Waals surface area contributed by atoms with E-state index in [2.05, 4.69) is 31.6 Å². The summed E-state index contributed by atoms with van der Waals surface area (Å²) in [5, 5.41) is 1.27. The van der Waals surface area contributed by atoms with Crippen molar-refractivity contribution in [1.29, 1.82) is 0 Å². The molecule has 0 radical (unpaired) electrons. The number of benzene rings is 1. The number of pyridine rings is 1. The maximum atomic E-state index is 15.1. The summed E-state index contributed by atoms with van der Waals surface area (Å²) in [6.07, 6.45) is 8.67. The van der Waals surface area contributed by atoms with Crippen LogP contribution in [-0.2, 0) is 17.8 Å². The van der Waals surface area contributed by atoms with Crippen LogP contribution in [0.2, 0.25) is 0 Å².